The Morgan fingerprint density at radius 1 is 1.10 bits per heavy atom. The van der Waals surface area contributed by atoms with Crippen molar-refractivity contribution in [2.24, 2.45) is 0 Å². The highest BCUT2D eigenvalue weighted by atomic mass is 32.1. The predicted molar refractivity (Wildman–Crippen MR) is 114 cm³/mol. The summed E-state index contributed by atoms with van der Waals surface area (Å²) in [7, 11) is 0. The van der Waals surface area contributed by atoms with Crippen molar-refractivity contribution in [2.75, 3.05) is 0 Å². The summed E-state index contributed by atoms with van der Waals surface area (Å²) in [6.07, 6.45) is 0.787. The van der Waals surface area contributed by atoms with E-state index >= 15 is 0 Å². The Morgan fingerprint density at radius 3 is 2.69 bits per heavy atom. The lowest BCUT2D eigenvalue weighted by molar-refractivity contribution is 0.628. The number of nitrogens with zero attached hydrogens (tertiary/aromatic N) is 3. The Labute approximate surface area is 169 Å². The first-order valence-electron chi connectivity index (χ1n) is 9.34. The number of aromatic amines is 1. The first kappa shape index (κ1) is 17.8. The molecule has 0 saturated carbocycles. The maximum atomic E-state index is 13.2. The van der Waals surface area contributed by atoms with Crippen LogP contribution in [0.25, 0.3) is 32.4 Å². The molecule has 0 atom stereocenters. The SMILES string of the molecule is CCc1nc2ccccc2n1Cc1nc2scc(-c3ccc(F)cc3)c2c(=O)[nH]1. The number of nitrogens with one attached hydrogen (secondary N) is 1. The van der Waals surface area contributed by atoms with Gasteiger partial charge in [-0.1, -0.05) is 31.2 Å². The minimum absolute atomic E-state index is 0.187. The minimum atomic E-state index is -0.304. The standard InChI is InChI=1S/C22H17FN4OS/c1-2-19-24-16-5-3-4-6-17(16)27(19)11-18-25-21(28)20-15(12-29-22(20)26-18)13-7-9-14(23)10-8-13/h3-10,12H,2,11H2,1H3,(H,25,26,28). The number of hydrogen-bond acceptors (Lipinski definition) is 4. The molecule has 5 aromatic rings. The second-order valence-electron chi connectivity index (χ2n) is 6.81. The van der Waals surface area contributed by atoms with Crippen molar-refractivity contribution in [2.45, 2.75) is 19.9 Å². The van der Waals surface area contributed by atoms with Crippen LogP contribution in [0.4, 0.5) is 4.39 Å². The van der Waals surface area contributed by atoms with Crippen molar-refractivity contribution in [3.8, 4) is 11.1 Å². The molecule has 0 saturated heterocycles. The second kappa shape index (κ2) is 6.93. The van der Waals surface area contributed by atoms with Gasteiger partial charge in [-0.2, -0.15) is 0 Å². The van der Waals surface area contributed by atoms with Gasteiger partial charge in [0.15, 0.2) is 0 Å². The fraction of sp³-hybridized carbons (Fsp3) is 0.136. The summed E-state index contributed by atoms with van der Waals surface area (Å²) < 4.78 is 15.3. The number of para-hydroxylation sites is 2. The Balaban J connectivity index is 1.60. The Kier molecular flexibility index (Phi) is 4.24. The van der Waals surface area contributed by atoms with Crippen LogP contribution in [0.3, 0.4) is 0 Å². The average Bonchev–Trinajstić information content (AvgIpc) is 3.31. The number of imidazole rings is 1. The van der Waals surface area contributed by atoms with Crippen molar-refractivity contribution in [3.63, 3.8) is 0 Å². The number of H-pyrrole nitrogens is 1. The quantitative estimate of drug-likeness (QED) is 0.470. The summed E-state index contributed by atoms with van der Waals surface area (Å²) in [5, 5.41) is 2.44. The fourth-order valence-corrected chi connectivity index (χ4v) is 4.60. The van der Waals surface area contributed by atoms with Crippen LogP contribution in [-0.4, -0.2) is 19.5 Å². The Morgan fingerprint density at radius 2 is 1.90 bits per heavy atom. The van der Waals surface area contributed by atoms with Gasteiger partial charge in [0.1, 0.15) is 22.3 Å². The van der Waals surface area contributed by atoms with Gasteiger partial charge in [-0.05, 0) is 29.8 Å². The predicted octanol–water partition coefficient (Wildman–Crippen LogP) is 4.75. The molecular weight excluding hydrogens is 387 g/mol. The lowest BCUT2D eigenvalue weighted by atomic mass is 10.1. The van der Waals surface area contributed by atoms with E-state index in [0.29, 0.717) is 22.6 Å². The molecule has 3 heterocycles. The first-order valence-corrected chi connectivity index (χ1v) is 10.2. The molecule has 0 radical (unpaired) electrons. The average molecular weight is 404 g/mol. The highest BCUT2D eigenvalue weighted by Gasteiger charge is 2.15. The number of benzene rings is 2. The number of aryl methyl sites for hydroxylation is 1. The number of thiophene rings is 1. The largest absolute Gasteiger partial charge is 0.320 e. The fourth-order valence-electron chi connectivity index (χ4n) is 3.63. The van der Waals surface area contributed by atoms with Crippen LogP contribution < -0.4 is 5.56 Å². The topological polar surface area (TPSA) is 63.6 Å². The molecular formula is C22H17FN4OS. The molecule has 0 bridgehead atoms. The molecule has 29 heavy (non-hydrogen) atoms. The number of hydrogen-bond donors (Lipinski definition) is 1. The maximum absolute atomic E-state index is 13.2. The van der Waals surface area contributed by atoms with Crippen molar-refractivity contribution in [1.82, 2.24) is 19.5 Å². The smallest absolute Gasteiger partial charge is 0.260 e. The summed E-state index contributed by atoms with van der Waals surface area (Å²) in [6.45, 7) is 2.50. The monoisotopic (exact) mass is 404 g/mol. The van der Waals surface area contributed by atoms with Crippen LogP contribution in [0.2, 0.25) is 0 Å². The van der Waals surface area contributed by atoms with Gasteiger partial charge in [-0.15, -0.1) is 11.3 Å². The Hall–Kier alpha value is -3.32. The van der Waals surface area contributed by atoms with E-state index in [-0.39, 0.29) is 11.4 Å². The normalized spacial score (nSPS) is 11.5. The third-order valence-corrected chi connectivity index (χ3v) is 5.88. The molecule has 0 aliphatic rings. The van der Waals surface area contributed by atoms with Gasteiger partial charge in [0, 0.05) is 17.4 Å². The van der Waals surface area contributed by atoms with E-state index in [4.69, 9.17) is 4.98 Å². The van der Waals surface area contributed by atoms with Crippen molar-refractivity contribution < 1.29 is 4.39 Å². The summed E-state index contributed by atoms with van der Waals surface area (Å²) in [6, 6.07) is 14.1. The summed E-state index contributed by atoms with van der Waals surface area (Å²) in [5.41, 5.74) is 3.33. The van der Waals surface area contributed by atoms with Crippen LogP contribution in [-0.2, 0) is 13.0 Å². The lowest BCUT2D eigenvalue weighted by Crippen LogP contribution is -2.15. The van der Waals surface area contributed by atoms with Gasteiger partial charge in [-0.25, -0.2) is 14.4 Å². The van der Waals surface area contributed by atoms with E-state index in [2.05, 4.69) is 21.5 Å². The minimum Gasteiger partial charge on any atom is -0.320 e. The van der Waals surface area contributed by atoms with Gasteiger partial charge >= 0.3 is 0 Å². The van der Waals surface area contributed by atoms with E-state index in [0.717, 1.165) is 34.4 Å². The molecule has 144 valence electrons. The van der Waals surface area contributed by atoms with Crippen molar-refractivity contribution >= 4 is 32.6 Å². The Bertz CT molecular complexity index is 1400. The van der Waals surface area contributed by atoms with E-state index in [1.165, 1.54) is 23.5 Å². The molecule has 0 aliphatic carbocycles. The summed E-state index contributed by atoms with van der Waals surface area (Å²) >= 11 is 1.42. The lowest BCUT2D eigenvalue weighted by Gasteiger charge is -2.08. The zero-order chi connectivity index (χ0) is 20.0. The molecule has 7 heteroatoms. The summed E-state index contributed by atoms with van der Waals surface area (Å²) in [4.78, 5) is 25.9. The third kappa shape index (κ3) is 3.03. The van der Waals surface area contributed by atoms with Crippen LogP contribution in [0.1, 0.15) is 18.6 Å². The highest BCUT2D eigenvalue weighted by molar-refractivity contribution is 7.17. The van der Waals surface area contributed by atoms with Crippen LogP contribution in [0.15, 0.2) is 58.7 Å². The van der Waals surface area contributed by atoms with E-state index in [1.807, 2.05) is 29.6 Å². The van der Waals surface area contributed by atoms with Crippen molar-refractivity contribution in [3.05, 3.63) is 81.7 Å². The maximum Gasteiger partial charge on any atom is 0.260 e. The van der Waals surface area contributed by atoms with Crippen LogP contribution >= 0.6 is 11.3 Å². The van der Waals surface area contributed by atoms with Gasteiger partial charge in [0.25, 0.3) is 5.56 Å². The molecule has 0 fully saturated rings. The molecule has 2 aromatic carbocycles. The van der Waals surface area contributed by atoms with Crippen LogP contribution in [0, 0.1) is 5.82 Å². The molecule has 0 spiro atoms. The number of halogens is 1. The van der Waals surface area contributed by atoms with E-state index < -0.39 is 0 Å². The molecule has 5 nitrogen and oxygen atoms in total. The van der Waals surface area contributed by atoms with Gasteiger partial charge in [0.2, 0.25) is 0 Å². The molecule has 1 N–H and O–H groups in total. The zero-order valence-electron chi connectivity index (χ0n) is 15.6. The number of fused-ring (bicyclic) bond motifs is 2. The van der Waals surface area contributed by atoms with E-state index in [1.54, 1.807) is 12.1 Å². The number of aromatic nitrogens is 4. The third-order valence-electron chi connectivity index (χ3n) is 5.01. The van der Waals surface area contributed by atoms with E-state index in [9.17, 15) is 9.18 Å². The molecule has 3 aromatic heterocycles. The van der Waals surface area contributed by atoms with Gasteiger partial charge < -0.3 is 9.55 Å². The number of rotatable bonds is 4. The van der Waals surface area contributed by atoms with Crippen LogP contribution in [0.5, 0.6) is 0 Å². The first-order chi connectivity index (χ1) is 14.1. The van der Waals surface area contributed by atoms with Crippen molar-refractivity contribution in [1.29, 1.82) is 0 Å². The second-order valence-corrected chi connectivity index (χ2v) is 7.66. The highest BCUT2D eigenvalue weighted by Crippen LogP contribution is 2.31. The molecule has 5 rings (SSSR count). The summed E-state index contributed by atoms with van der Waals surface area (Å²) in [5.74, 6) is 1.24. The molecule has 0 aliphatic heterocycles. The van der Waals surface area contributed by atoms with Gasteiger partial charge in [-0.3, -0.25) is 4.79 Å². The zero-order valence-corrected chi connectivity index (χ0v) is 16.5. The van der Waals surface area contributed by atoms with Gasteiger partial charge in [0.05, 0.1) is 23.0 Å². The molecule has 0 amide bonds. The molecule has 0 unspecified atom stereocenters.